The van der Waals surface area contributed by atoms with Crippen molar-refractivity contribution in [2.45, 2.75) is 25.8 Å². The number of hydrogen-bond donors (Lipinski definition) is 0. The van der Waals surface area contributed by atoms with E-state index in [9.17, 15) is 13.6 Å². The third-order valence-electron chi connectivity index (χ3n) is 6.66. The Kier molecular flexibility index (Phi) is 4.43. The molecule has 4 aromatic rings. The molecule has 0 radical (unpaired) electrons. The minimum Gasteiger partial charge on any atom is -0.355 e. The van der Waals surface area contributed by atoms with Crippen LogP contribution in [0.3, 0.4) is 0 Å². The van der Waals surface area contributed by atoms with Gasteiger partial charge in [-0.15, -0.1) is 0 Å². The van der Waals surface area contributed by atoms with E-state index in [1.165, 1.54) is 0 Å². The van der Waals surface area contributed by atoms with Gasteiger partial charge in [0.25, 0.3) is 5.56 Å². The maximum absolute atomic E-state index is 14.1. The van der Waals surface area contributed by atoms with Crippen molar-refractivity contribution in [1.82, 2.24) is 23.8 Å². The van der Waals surface area contributed by atoms with E-state index in [4.69, 9.17) is 4.98 Å². The molecule has 0 amide bonds. The van der Waals surface area contributed by atoms with Crippen LogP contribution in [0.5, 0.6) is 0 Å². The maximum atomic E-state index is 14.1. The standard InChI is InChI=1S/C23H24F2N6O/c1-28-7-2-8-29(10-9-28)20-6-5-18-21(27-20)31-19-12-16(25)15(24)11-17(19)26-22(31)23(32)30(18)13-14-3-4-14/h5-6,11-12,14H,2-4,7-10,13H2,1H3. The van der Waals surface area contributed by atoms with Gasteiger partial charge < -0.3 is 14.4 Å². The molecule has 4 heterocycles. The van der Waals surface area contributed by atoms with Crippen LogP contribution in [0.25, 0.3) is 27.8 Å². The van der Waals surface area contributed by atoms with Crippen LogP contribution in [0.2, 0.25) is 0 Å². The third-order valence-corrected chi connectivity index (χ3v) is 6.66. The average molecular weight is 438 g/mol. The molecule has 1 aliphatic carbocycles. The van der Waals surface area contributed by atoms with Gasteiger partial charge in [0.2, 0.25) is 5.65 Å². The van der Waals surface area contributed by atoms with Gasteiger partial charge in [-0.25, -0.2) is 18.7 Å². The normalized spacial score (nSPS) is 18.2. The quantitative estimate of drug-likeness (QED) is 0.492. The molecule has 6 rings (SSSR count). The second kappa shape index (κ2) is 7.23. The van der Waals surface area contributed by atoms with Crippen LogP contribution in [-0.4, -0.2) is 57.1 Å². The highest BCUT2D eigenvalue weighted by molar-refractivity contribution is 5.87. The van der Waals surface area contributed by atoms with Gasteiger partial charge in [0.1, 0.15) is 5.82 Å². The molecular formula is C23H24F2N6O. The fourth-order valence-electron chi connectivity index (χ4n) is 4.66. The molecule has 1 aliphatic heterocycles. The van der Waals surface area contributed by atoms with Gasteiger partial charge >= 0.3 is 0 Å². The largest absolute Gasteiger partial charge is 0.355 e. The van der Waals surface area contributed by atoms with Crippen molar-refractivity contribution in [3.8, 4) is 0 Å². The van der Waals surface area contributed by atoms with E-state index in [0.717, 1.165) is 63.4 Å². The number of halogens is 2. The Labute approximate surface area is 182 Å². The zero-order chi connectivity index (χ0) is 22.0. The van der Waals surface area contributed by atoms with Crippen molar-refractivity contribution < 1.29 is 8.78 Å². The molecule has 9 heteroatoms. The van der Waals surface area contributed by atoms with Crippen molar-refractivity contribution in [3.05, 3.63) is 46.3 Å². The fourth-order valence-corrected chi connectivity index (χ4v) is 4.66. The first kappa shape index (κ1) is 19.6. The lowest BCUT2D eigenvalue weighted by Crippen LogP contribution is -2.30. The summed E-state index contributed by atoms with van der Waals surface area (Å²) in [6, 6.07) is 6.04. The average Bonchev–Trinajstić information content (AvgIpc) is 3.56. The van der Waals surface area contributed by atoms with Gasteiger partial charge in [-0.2, -0.15) is 0 Å². The number of aromatic nitrogens is 4. The summed E-state index contributed by atoms with van der Waals surface area (Å²) in [5.41, 5.74) is 1.72. The van der Waals surface area contributed by atoms with Gasteiger partial charge in [-0.05, 0) is 50.9 Å². The van der Waals surface area contributed by atoms with Crippen LogP contribution in [0.15, 0.2) is 29.1 Å². The minimum atomic E-state index is -0.981. The number of pyridine rings is 1. The van der Waals surface area contributed by atoms with Gasteiger partial charge in [0.15, 0.2) is 17.3 Å². The van der Waals surface area contributed by atoms with Crippen molar-refractivity contribution in [2.24, 2.45) is 5.92 Å². The molecule has 166 valence electrons. The number of nitrogens with zero attached hydrogens (tertiary/aromatic N) is 6. The molecule has 2 aliphatic rings. The highest BCUT2D eigenvalue weighted by Crippen LogP contribution is 2.32. The number of rotatable bonds is 3. The molecule has 0 N–H and O–H groups in total. The lowest BCUT2D eigenvalue weighted by atomic mass is 10.3. The SMILES string of the molecule is CN1CCCN(c2ccc3c(n2)n2c(nc4cc(F)c(F)cc42)c(=O)n3CC2CC2)CC1. The van der Waals surface area contributed by atoms with E-state index >= 15 is 0 Å². The van der Waals surface area contributed by atoms with E-state index in [0.29, 0.717) is 29.1 Å². The van der Waals surface area contributed by atoms with E-state index < -0.39 is 11.6 Å². The molecule has 0 unspecified atom stereocenters. The van der Waals surface area contributed by atoms with Crippen LogP contribution in [-0.2, 0) is 6.54 Å². The van der Waals surface area contributed by atoms with Crippen LogP contribution < -0.4 is 10.5 Å². The number of benzene rings is 1. The summed E-state index contributed by atoms with van der Waals surface area (Å²) in [5, 5.41) is 0. The van der Waals surface area contributed by atoms with E-state index in [-0.39, 0.29) is 16.7 Å². The third kappa shape index (κ3) is 3.14. The van der Waals surface area contributed by atoms with Gasteiger partial charge in [0, 0.05) is 38.3 Å². The van der Waals surface area contributed by atoms with Crippen molar-refractivity contribution in [2.75, 3.05) is 38.1 Å². The number of hydrogen-bond acceptors (Lipinski definition) is 5. The summed E-state index contributed by atoms with van der Waals surface area (Å²) in [6.45, 7) is 4.32. The van der Waals surface area contributed by atoms with Crippen molar-refractivity contribution in [3.63, 3.8) is 0 Å². The summed E-state index contributed by atoms with van der Waals surface area (Å²) in [7, 11) is 2.11. The number of anilines is 1. The summed E-state index contributed by atoms with van der Waals surface area (Å²) >= 11 is 0. The van der Waals surface area contributed by atoms with Gasteiger partial charge in [0.05, 0.1) is 16.6 Å². The lowest BCUT2D eigenvalue weighted by Gasteiger charge is -2.22. The number of imidazole rings is 1. The molecular weight excluding hydrogens is 414 g/mol. The van der Waals surface area contributed by atoms with Crippen LogP contribution >= 0.6 is 0 Å². The minimum absolute atomic E-state index is 0.151. The Balaban J connectivity index is 1.63. The summed E-state index contributed by atoms with van der Waals surface area (Å²) in [6.07, 6.45) is 3.23. The second-order valence-electron chi connectivity index (χ2n) is 9.04. The second-order valence-corrected chi connectivity index (χ2v) is 9.04. The molecule has 1 aromatic carbocycles. The molecule has 1 saturated carbocycles. The first-order valence-corrected chi connectivity index (χ1v) is 11.1. The summed E-state index contributed by atoms with van der Waals surface area (Å²) < 4.78 is 31.3. The zero-order valence-electron chi connectivity index (χ0n) is 17.9. The Morgan fingerprint density at radius 1 is 0.969 bits per heavy atom. The zero-order valence-corrected chi connectivity index (χ0v) is 17.9. The van der Waals surface area contributed by atoms with Crippen LogP contribution in [0, 0.1) is 17.6 Å². The first-order chi connectivity index (χ1) is 15.5. The lowest BCUT2D eigenvalue weighted by molar-refractivity contribution is 0.360. The molecule has 2 fully saturated rings. The van der Waals surface area contributed by atoms with E-state index in [2.05, 4.69) is 21.8 Å². The fraction of sp³-hybridized carbons (Fsp3) is 0.435. The van der Waals surface area contributed by atoms with Crippen LogP contribution in [0.1, 0.15) is 19.3 Å². The van der Waals surface area contributed by atoms with E-state index in [1.807, 2.05) is 12.1 Å². The monoisotopic (exact) mass is 438 g/mol. The predicted octanol–water partition coefficient (Wildman–Crippen LogP) is 3.03. The Bertz CT molecular complexity index is 1420. The highest BCUT2D eigenvalue weighted by atomic mass is 19.2. The molecule has 1 saturated heterocycles. The van der Waals surface area contributed by atoms with Gasteiger partial charge in [-0.1, -0.05) is 0 Å². The molecule has 7 nitrogen and oxygen atoms in total. The molecule has 0 bridgehead atoms. The predicted molar refractivity (Wildman–Crippen MR) is 119 cm³/mol. The highest BCUT2D eigenvalue weighted by Gasteiger charge is 2.26. The molecule has 0 atom stereocenters. The molecule has 3 aromatic heterocycles. The maximum Gasteiger partial charge on any atom is 0.294 e. The van der Waals surface area contributed by atoms with Crippen molar-refractivity contribution in [1.29, 1.82) is 0 Å². The molecule has 0 spiro atoms. The smallest absolute Gasteiger partial charge is 0.294 e. The Hall–Kier alpha value is -3.07. The van der Waals surface area contributed by atoms with Crippen molar-refractivity contribution >= 4 is 33.7 Å². The number of likely N-dealkylation sites (N-methyl/N-ethyl adjacent to an activating group) is 1. The van der Waals surface area contributed by atoms with E-state index in [1.54, 1.807) is 8.97 Å². The first-order valence-electron chi connectivity index (χ1n) is 11.1. The van der Waals surface area contributed by atoms with Crippen LogP contribution in [0.4, 0.5) is 14.6 Å². The Morgan fingerprint density at radius 3 is 2.59 bits per heavy atom. The topological polar surface area (TPSA) is 58.7 Å². The summed E-state index contributed by atoms with van der Waals surface area (Å²) in [5.74, 6) is -0.666. The summed E-state index contributed by atoms with van der Waals surface area (Å²) in [4.78, 5) is 27.2. The number of fused-ring (bicyclic) bond motifs is 5. The Morgan fingerprint density at radius 2 is 1.78 bits per heavy atom. The van der Waals surface area contributed by atoms with Gasteiger partial charge in [-0.3, -0.25) is 9.20 Å². The molecule has 32 heavy (non-hydrogen) atoms.